The Hall–Kier alpha value is -2.38. The molecule has 3 N–H and O–H groups in total. The van der Waals surface area contributed by atoms with Crippen molar-refractivity contribution in [2.24, 2.45) is 11.8 Å². The largest absolute Gasteiger partial charge is 0.481 e. The summed E-state index contributed by atoms with van der Waals surface area (Å²) in [7, 11) is 0. The smallest absolute Gasteiger partial charge is 0.303 e. The van der Waals surface area contributed by atoms with Gasteiger partial charge in [0.15, 0.2) is 11.5 Å². The normalized spacial score (nSPS) is 25.0. The summed E-state index contributed by atoms with van der Waals surface area (Å²) in [6.07, 6.45) is 4.63. The molecule has 0 spiro atoms. The second-order valence-electron chi connectivity index (χ2n) is 7.69. The Morgan fingerprint density at radius 1 is 1.14 bits per heavy atom. The monoisotopic (exact) mass is 404 g/mol. The van der Waals surface area contributed by atoms with Crippen LogP contribution in [0.1, 0.15) is 44.9 Å². The maximum atomic E-state index is 12.3. The van der Waals surface area contributed by atoms with E-state index >= 15 is 0 Å². The molecule has 7 heteroatoms. The lowest BCUT2D eigenvalue weighted by atomic mass is 9.88. The highest BCUT2D eigenvalue weighted by Gasteiger charge is 2.40. The molecule has 0 aromatic heterocycles. The lowest BCUT2D eigenvalue weighted by Crippen LogP contribution is -2.32. The van der Waals surface area contributed by atoms with E-state index in [2.05, 4.69) is 0 Å². The molecule has 0 bridgehead atoms. The minimum absolute atomic E-state index is 0.0351. The summed E-state index contributed by atoms with van der Waals surface area (Å²) in [5.41, 5.74) is 0. The average molecular weight is 404 g/mol. The molecule has 1 heterocycles. The predicted molar refractivity (Wildman–Crippen MR) is 105 cm³/mol. The topological polar surface area (TPSA) is 113 Å². The maximum Gasteiger partial charge on any atom is 0.303 e. The molecular formula is C22H28O7. The number of hydrogen-bond acceptors (Lipinski definition) is 6. The number of hydrogen-bond donors (Lipinski definition) is 3. The Kier molecular flexibility index (Phi) is 7.28. The summed E-state index contributed by atoms with van der Waals surface area (Å²) < 4.78 is 11.2. The minimum atomic E-state index is -1.03. The maximum absolute atomic E-state index is 12.3. The number of unbranched alkanes of at least 4 members (excludes halogenated alkanes) is 3. The number of ketones is 1. The summed E-state index contributed by atoms with van der Waals surface area (Å²) in [4.78, 5) is 22.8. The number of rotatable bonds is 10. The number of benzene rings is 1. The third kappa shape index (κ3) is 5.58. The Bertz CT molecular complexity index is 719. The molecule has 4 atom stereocenters. The van der Waals surface area contributed by atoms with E-state index in [-0.39, 0.29) is 30.5 Å². The van der Waals surface area contributed by atoms with E-state index in [1.165, 1.54) is 6.08 Å². The van der Waals surface area contributed by atoms with E-state index in [4.69, 9.17) is 14.6 Å². The van der Waals surface area contributed by atoms with Crippen molar-refractivity contribution in [3.05, 3.63) is 36.4 Å². The van der Waals surface area contributed by atoms with Gasteiger partial charge in [-0.2, -0.15) is 0 Å². The number of aliphatic hydroxyl groups is 2. The predicted octanol–water partition coefficient (Wildman–Crippen LogP) is 2.69. The zero-order chi connectivity index (χ0) is 20.8. The molecule has 3 rings (SSSR count). The summed E-state index contributed by atoms with van der Waals surface area (Å²) in [6, 6.07) is 7.16. The SMILES string of the molecule is O=C(O)CCCCCC[C@H]1C(=O)C[C@@H](O)[C@@H]1/C=C/[C@@H](O)C1Oc2ccccc2O1. The van der Waals surface area contributed by atoms with Gasteiger partial charge in [0.2, 0.25) is 0 Å². The van der Waals surface area contributed by atoms with Crippen molar-refractivity contribution < 1.29 is 34.4 Å². The van der Waals surface area contributed by atoms with Crippen LogP contribution in [0.2, 0.25) is 0 Å². The van der Waals surface area contributed by atoms with Crippen LogP contribution in [0.3, 0.4) is 0 Å². The molecular weight excluding hydrogens is 376 g/mol. The number of carbonyl (C=O) groups excluding carboxylic acids is 1. The van der Waals surface area contributed by atoms with Gasteiger partial charge in [0.1, 0.15) is 11.9 Å². The molecule has 0 saturated heterocycles. The van der Waals surface area contributed by atoms with E-state index in [0.717, 1.165) is 19.3 Å². The molecule has 0 radical (unpaired) electrons. The molecule has 7 nitrogen and oxygen atoms in total. The molecule has 1 fully saturated rings. The molecule has 1 aliphatic heterocycles. The molecule has 1 aromatic rings. The van der Waals surface area contributed by atoms with Crippen LogP contribution < -0.4 is 9.47 Å². The lowest BCUT2D eigenvalue weighted by molar-refractivity contribution is -0.137. The molecule has 1 saturated carbocycles. The van der Waals surface area contributed by atoms with Crippen LogP contribution >= 0.6 is 0 Å². The number of Topliss-reactive ketones (excluding diaryl/α,β-unsaturated/α-hetero) is 1. The summed E-state index contributed by atoms with van der Waals surface area (Å²) >= 11 is 0. The summed E-state index contributed by atoms with van der Waals surface area (Å²) in [6.45, 7) is 0. The first kappa shape index (κ1) is 21.3. The molecule has 1 aliphatic carbocycles. The van der Waals surface area contributed by atoms with Crippen molar-refractivity contribution in [3.8, 4) is 11.5 Å². The minimum Gasteiger partial charge on any atom is -0.481 e. The van der Waals surface area contributed by atoms with E-state index < -0.39 is 24.5 Å². The van der Waals surface area contributed by atoms with Crippen LogP contribution in [-0.4, -0.2) is 45.6 Å². The first-order chi connectivity index (χ1) is 14.0. The van der Waals surface area contributed by atoms with E-state index in [9.17, 15) is 19.8 Å². The third-order valence-electron chi connectivity index (χ3n) is 5.53. The van der Waals surface area contributed by atoms with Crippen molar-refractivity contribution >= 4 is 11.8 Å². The Labute approximate surface area is 170 Å². The van der Waals surface area contributed by atoms with E-state index in [1.807, 2.05) is 12.1 Å². The Morgan fingerprint density at radius 3 is 2.45 bits per heavy atom. The van der Waals surface area contributed by atoms with Crippen LogP contribution in [0.15, 0.2) is 36.4 Å². The number of aliphatic hydroxyl groups excluding tert-OH is 2. The fraction of sp³-hybridized carbons (Fsp3) is 0.545. The van der Waals surface area contributed by atoms with Crippen molar-refractivity contribution in [1.29, 1.82) is 0 Å². The number of carboxylic acid groups (broad SMARTS) is 1. The Morgan fingerprint density at radius 2 is 1.79 bits per heavy atom. The van der Waals surface area contributed by atoms with Crippen LogP contribution in [0.25, 0.3) is 0 Å². The van der Waals surface area contributed by atoms with Crippen LogP contribution in [0.4, 0.5) is 0 Å². The number of para-hydroxylation sites is 2. The second-order valence-corrected chi connectivity index (χ2v) is 7.69. The quantitative estimate of drug-likeness (QED) is 0.406. The highest BCUT2D eigenvalue weighted by Crippen LogP contribution is 2.36. The molecule has 0 amide bonds. The van der Waals surface area contributed by atoms with Crippen molar-refractivity contribution in [1.82, 2.24) is 0 Å². The van der Waals surface area contributed by atoms with Gasteiger partial charge in [0.05, 0.1) is 6.10 Å². The molecule has 1 aromatic carbocycles. The van der Waals surface area contributed by atoms with Crippen LogP contribution in [0.5, 0.6) is 11.5 Å². The fourth-order valence-corrected chi connectivity index (χ4v) is 3.98. The third-order valence-corrected chi connectivity index (χ3v) is 5.53. The Balaban J connectivity index is 1.49. The molecule has 0 unspecified atom stereocenters. The van der Waals surface area contributed by atoms with Crippen LogP contribution in [0, 0.1) is 11.8 Å². The van der Waals surface area contributed by atoms with Crippen LogP contribution in [-0.2, 0) is 9.59 Å². The lowest BCUT2D eigenvalue weighted by Gasteiger charge is -2.19. The highest BCUT2D eigenvalue weighted by molar-refractivity contribution is 5.84. The standard InChI is InChI=1S/C22H28O7/c23-16(22-28-19-8-5-6-9-20(19)29-22)12-11-15-14(17(24)13-18(15)25)7-3-1-2-4-10-21(26)27/h5-6,8-9,11-12,14-16,18,22-23,25H,1-4,7,10,13H2,(H,26,27)/b12-11+/t14-,15-,16-,18-/m1/s1. The van der Waals surface area contributed by atoms with Crippen molar-refractivity contribution in [2.75, 3.05) is 0 Å². The van der Waals surface area contributed by atoms with Gasteiger partial charge in [0.25, 0.3) is 6.29 Å². The van der Waals surface area contributed by atoms with Crippen molar-refractivity contribution in [3.63, 3.8) is 0 Å². The zero-order valence-corrected chi connectivity index (χ0v) is 16.3. The van der Waals surface area contributed by atoms with Crippen molar-refractivity contribution in [2.45, 2.75) is 63.4 Å². The van der Waals surface area contributed by atoms with Gasteiger partial charge >= 0.3 is 5.97 Å². The molecule has 2 aliphatic rings. The first-order valence-corrected chi connectivity index (χ1v) is 10.2. The van der Waals surface area contributed by atoms with Gasteiger partial charge in [-0.25, -0.2) is 0 Å². The van der Waals surface area contributed by atoms with Gasteiger partial charge in [-0.3, -0.25) is 9.59 Å². The number of carboxylic acids is 1. The summed E-state index contributed by atoms with van der Waals surface area (Å²) in [5.74, 6) is -0.242. The van der Waals surface area contributed by atoms with Gasteiger partial charge < -0.3 is 24.8 Å². The number of fused-ring (bicyclic) bond motifs is 1. The molecule has 158 valence electrons. The fourth-order valence-electron chi connectivity index (χ4n) is 3.98. The number of carbonyl (C=O) groups is 2. The van der Waals surface area contributed by atoms with Gasteiger partial charge in [0, 0.05) is 24.7 Å². The van der Waals surface area contributed by atoms with E-state index in [1.54, 1.807) is 18.2 Å². The molecule has 29 heavy (non-hydrogen) atoms. The zero-order valence-electron chi connectivity index (χ0n) is 16.3. The summed E-state index contributed by atoms with van der Waals surface area (Å²) in [5, 5.41) is 29.3. The highest BCUT2D eigenvalue weighted by atomic mass is 16.7. The first-order valence-electron chi connectivity index (χ1n) is 10.2. The number of aliphatic carboxylic acids is 1. The second kappa shape index (κ2) is 9.89. The van der Waals surface area contributed by atoms with E-state index in [0.29, 0.717) is 24.3 Å². The van der Waals surface area contributed by atoms with Gasteiger partial charge in [-0.1, -0.05) is 43.5 Å². The van der Waals surface area contributed by atoms with Gasteiger partial charge in [-0.05, 0) is 25.0 Å². The number of ether oxygens (including phenoxy) is 2. The average Bonchev–Trinajstić information content (AvgIpc) is 3.23. The van der Waals surface area contributed by atoms with Gasteiger partial charge in [-0.15, -0.1) is 0 Å².